The quantitative estimate of drug-likeness (QED) is 0.690. The van der Waals surface area contributed by atoms with Crippen LogP contribution in [0.4, 0.5) is 11.8 Å². The lowest BCUT2D eigenvalue weighted by Crippen LogP contribution is -2.43. The molecular formula is C19H30N6O. The van der Waals surface area contributed by atoms with E-state index in [0.717, 1.165) is 36.5 Å². The Morgan fingerprint density at radius 3 is 2.81 bits per heavy atom. The molecule has 5 N–H and O–H groups in total. The van der Waals surface area contributed by atoms with E-state index in [2.05, 4.69) is 21.4 Å². The maximum Gasteiger partial charge on any atom is 0.239 e. The highest BCUT2D eigenvalue weighted by Crippen LogP contribution is 2.24. The Hall–Kier alpha value is -2.15. The Morgan fingerprint density at radius 2 is 2.08 bits per heavy atom. The van der Waals surface area contributed by atoms with Gasteiger partial charge in [-0.05, 0) is 45.4 Å². The number of nitrogens with one attached hydrogen (secondary N) is 1. The first-order valence-corrected chi connectivity index (χ1v) is 9.66. The molecule has 1 aliphatic heterocycles. The molecule has 0 spiro atoms. The average molecular weight is 358 g/mol. The molecule has 2 aliphatic rings. The predicted octanol–water partition coefficient (Wildman–Crippen LogP) is 1.64. The highest BCUT2D eigenvalue weighted by atomic mass is 16.2. The number of rotatable bonds is 5. The fourth-order valence-corrected chi connectivity index (χ4v) is 3.75. The van der Waals surface area contributed by atoms with E-state index in [0.29, 0.717) is 19.5 Å². The van der Waals surface area contributed by atoms with Crippen LogP contribution < -0.4 is 16.8 Å². The first-order valence-electron chi connectivity index (χ1n) is 9.66. The maximum absolute atomic E-state index is 12.2. The van der Waals surface area contributed by atoms with Crippen molar-refractivity contribution in [2.24, 2.45) is 5.73 Å². The van der Waals surface area contributed by atoms with Crippen LogP contribution in [0.3, 0.4) is 0 Å². The molecule has 0 bridgehead atoms. The molecule has 3 rings (SSSR count). The van der Waals surface area contributed by atoms with Crippen LogP contribution in [0.2, 0.25) is 0 Å². The van der Waals surface area contributed by atoms with E-state index in [-0.39, 0.29) is 11.9 Å². The second-order valence-electron chi connectivity index (χ2n) is 7.25. The van der Waals surface area contributed by atoms with Crippen molar-refractivity contribution in [2.75, 3.05) is 30.7 Å². The Balaban J connectivity index is 1.68. The summed E-state index contributed by atoms with van der Waals surface area (Å²) in [5.74, 6) is 1.09. The zero-order valence-corrected chi connectivity index (χ0v) is 15.6. The Morgan fingerprint density at radius 1 is 1.27 bits per heavy atom. The number of carbonyl (C=O) groups is 1. The monoisotopic (exact) mass is 358 g/mol. The summed E-state index contributed by atoms with van der Waals surface area (Å²) in [5, 5.41) is 3.46. The molecule has 1 aliphatic carbocycles. The summed E-state index contributed by atoms with van der Waals surface area (Å²) in [4.78, 5) is 22.9. The topological polar surface area (TPSA) is 110 Å². The lowest BCUT2D eigenvalue weighted by Gasteiger charge is -2.22. The zero-order chi connectivity index (χ0) is 18.5. The van der Waals surface area contributed by atoms with Crippen LogP contribution in [0.25, 0.3) is 0 Å². The smallest absolute Gasteiger partial charge is 0.239 e. The van der Waals surface area contributed by atoms with E-state index in [4.69, 9.17) is 11.5 Å². The van der Waals surface area contributed by atoms with Crippen molar-refractivity contribution >= 4 is 17.7 Å². The molecule has 0 aromatic carbocycles. The van der Waals surface area contributed by atoms with Crippen LogP contribution in [0.15, 0.2) is 11.6 Å². The van der Waals surface area contributed by atoms with Gasteiger partial charge in [0.25, 0.3) is 0 Å². The predicted molar refractivity (Wildman–Crippen MR) is 104 cm³/mol. The third kappa shape index (κ3) is 4.52. The van der Waals surface area contributed by atoms with Crippen molar-refractivity contribution in [1.82, 2.24) is 14.9 Å². The van der Waals surface area contributed by atoms with Crippen molar-refractivity contribution in [2.45, 2.75) is 57.9 Å². The van der Waals surface area contributed by atoms with Crippen LogP contribution >= 0.6 is 0 Å². The second-order valence-corrected chi connectivity index (χ2v) is 7.25. The van der Waals surface area contributed by atoms with Crippen LogP contribution in [-0.4, -0.2) is 46.5 Å². The number of amides is 1. The third-order valence-electron chi connectivity index (χ3n) is 5.19. The van der Waals surface area contributed by atoms with E-state index in [1.54, 1.807) is 6.92 Å². The van der Waals surface area contributed by atoms with Gasteiger partial charge in [-0.3, -0.25) is 4.79 Å². The van der Waals surface area contributed by atoms with Crippen LogP contribution in [0, 0.1) is 0 Å². The first-order chi connectivity index (χ1) is 12.5. The third-order valence-corrected chi connectivity index (χ3v) is 5.19. The largest absolute Gasteiger partial charge is 0.369 e. The number of hydrogen-bond acceptors (Lipinski definition) is 6. The molecule has 0 radical (unpaired) electrons. The highest BCUT2D eigenvalue weighted by Gasteiger charge is 2.24. The standard InChI is InChI=1S/C19H30N6O/c1-13(20)18(26)25-11-8-15-16(9-12-25)23-19(21)24-17(15)22-10-7-14-5-3-2-4-6-14/h5,13H,2-4,6-12,20H2,1H3,(H3,21,22,23,24)/t13-/m1/s1. The van der Waals surface area contributed by atoms with Gasteiger partial charge in [-0.15, -0.1) is 0 Å². The molecule has 0 saturated carbocycles. The molecule has 1 aromatic rings. The summed E-state index contributed by atoms with van der Waals surface area (Å²) in [5.41, 5.74) is 15.2. The van der Waals surface area contributed by atoms with Gasteiger partial charge in [-0.25, -0.2) is 4.98 Å². The number of carbonyl (C=O) groups excluding carboxylic acids is 1. The maximum atomic E-state index is 12.2. The van der Waals surface area contributed by atoms with Crippen LogP contribution in [-0.2, 0) is 17.6 Å². The Kier molecular flexibility index (Phi) is 6.08. The molecule has 1 amide bonds. The van der Waals surface area contributed by atoms with Gasteiger partial charge in [0.2, 0.25) is 11.9 Å². The van der Waals surface area contributed by atoms with E-state index >= 15 is 0 Å². The van der Waals surface area contributed by atoms with E-state index in [1.165, 1.54) is 31.3 Å². The van der Waals surface area contributed by atoms with Crippen LogP contribution in [0.5, 0.6) is 0 Å². The SMILES string of the molecule is C[C@@H](N)C(=O)N1CCc2nc(N)nc(NCCC3=CCCCC3)c2CC1. The number of aromatic nitrogens is 2. The summed E-state index contributed by atoms with van der Waals surface area (Å²) in [6.45, 7) is 3.83. The molecule has 0 fully saturated rings. The van der Waals surface area contributed by atoms with Crippen LogP contribution in [0.1, 0.15) is 50.3 Å². The summed E-state index contributed by atoms with van der Waals surface area (Å²) < 4.78 is 0. The normalized spacial score (nSPS) is 18.5. The molecule has 0 unspecified atom stereocenters. The van der Waals surface area contributed by atoms with Gasteiger partial charge < -0.3 is 21.7 Å². The van der Waals surface area contributed by atoms with Gasteiger partial charge in [-0.1, -0.05) is 11.6 Å². The van der Waals surface area contributed by atoms with Gasteiger partial charge >= 0.3 is 0 Å². The summed E-state index contributed by atoms with van der Waals surface area (Å²) in [6.07, 6.45) is 9.83. The van der Waals surface area contributed by atoms with Crippen molar-refractivity contribution in [1.29, 1.82) is 0 Å². The number of nitrogen functional groups attached to an aromatic ring is 1. The lowest BCUT2D eigenvalue weighted by atomic mass is 9.97. The van der Waals surface area contributed by atoms with Gasteiger partial charge in [-0.2, -0.15) is 4.98 Å². The number of anilines is 2. The molecule has 2 heterocycles. The minimum atomic E-state index is -0.478. The van der Waals surface area contributed by atoms with Crippen molar-refractivity contribution in [3.8, 4) is 0 Å². The fraction of sp³-hybridized carbons (Fsp3) is 0.632. The van der Waals surface area contributed by atoms with Crippen molar-refractivity contribution in [3.63, 3.8) is 0 Å². The summed E-state index contributed by atoms with van der Waals surface area (Å²) in [6, 6.07) is -0.478. The van der Waals surface area contributed by atoms with Gasteiger partial charge in [0.15, 0.2) is 0 Å². The number of nitrogens with zero attached hydrogens (tertiary/aromatic N) is 3. The molecule has 1 atom stereocenters. The first kappa shape index (κ1) is 18.6. The average Bonchev–Trinajstić information content (AvgIpc) is 2.84. The van der Waals surface area contributed by atoms with Gasteiger partial charge in [0.05, 0.1) is 11.7 Å². The molecule has 7 heteroatoms. The number of nitrogens with two attached hydrogens (primary N) is 2. The number of hydrogen-bond donors (Lipinski definition) is 3. The van der Waals surface area contributed by atoms with E-state index in [1.807, 2.05) is 4.90 Å². The Labute approximate surface area is 155 Å². The minimum Gasteiger partial charge on any atom is -0.369 e. The van der Waals surface area contributed by atoms with Crippen molar-refractivity contribution in [3.05, 3.63) is 22.9 Å². The number of allylic oxidation sites excluding steroid dienone is 1. The molecule has 7 nitrogen and oxygen atoms in total. The van der Waals surface area contributed by atoms with E-state index in [9.17, 15) is 4.79 Å². The zero-order valence-electron chi connectivity index (χ0n) is 15.6. The molecular weight excluding hydrogens is 328 g/mol. The Bertz CT molecular complexity index is 685. The van der Waals surface area contributed by atoms with Gasteiger partial charge in [0, 0.05) is 31.6 Å². The van der Waals surface area contributed by atoms with E-state index < -0.39 is 6.04 Å². The lowest BCUT2D eigenvalue weighted by molar-refractivity contribution is -0.132. The summed E-state index contributed by atoms with van der Waals surface area (Å²) in [7, 11) is 0. The highest BCUT2D eigenvalue weighted by molar-refractivity contribution is 5.81. The molecule has 1 aromatic heterocycles. The van der Waals surface area contributed by atoms with Crippen molar-refractivity contribution < 1.29 is 4.79 Å². The molecule has 26 heavy (non-hydrogen) atoms. The summed E-state index contributed by atoms with van der Waals surface area (Å²) >= 11 is 0. The molecule has 0 saturated heterocycles. The minimum absolute atomic E-state index is 0.0162. The second kappa shape index (κ2) is 8.49. The van der Waals surface area contributed by atoms with Gasteiger partial charge in [0.1, 0.15) is 5.82 Å². The fourth-order valence-electron chi connectivity index (χ4n) is 3.75. The molecule has 142 valence electrons. The number of fused-ring (bicyclic) bond motifs is 1.